The molecule has 2 amide bonds. The molecule has 0 aliphatic carbocycles. The number of aryl methyl sites for hydroxylation is 1. The molecule has 1 aliphatic heterocycles. The summed E-state index contributed by atoms with van der Waals surface area (Å²) in [5.74, 6) is 1.55. The molecule has 8 heteroatoms. The zero-order chi connectivity index (χ0) is 28.2. The van der Waals surface area contributed by atoms with Gasteiger partial charge in [-0.25, -0.2) is 4.68 Å². The maximum absolute atomic E-state index is 13.8. The fourth-order valence-electron chi connectivity index (χ4n) is 4.85. The maximum atomic E-state index is 13.8. The molecule has 0 fully saturated rings. The summed E-state index contributed by atoms with van der Waals surface area (Å²) < 4.78 is 7.19. The maximum Gasteiger partial charge on any atom is 0.240 e. The van der Waals surface area contributed by atoms with E-state index in [2.05, 4.69) is 30.4 Å². The zero-order valence-electron chi connectivity index (χ0n) is 23.3. The van der Waals surface area contributed by atoms with Crippen molar-refractivity contribution in [2.75, 3.05) is 30.9 Å². The molecule has 4 aromatic rings. The lowest BCUT2D eigenvalue weighted by atomic mass is 9.98. The highest BCUT2D eigenvalue weighted by Gasteiger charge is 2.37. The highest BCUT2D eigenvalue weighted by molar-refractivity contribution is 8.00. The summed E-state index contributed by atoms with van der Waals surface area (Å²) in [4.78, 5) is 28.5. The van der Waals surface area contributed by atoms with Gasteiger partial charge in [0.05, 0.1) is 29.5 Å². The van der Waals surface area contributed by atoms with Gasteiger partial charge in [0.15, 0.2) is 0 Å². The molecule has 2 heterocycles. The van der Waals surface area contributed by atoms with Gasteiger partial charge in [0.1, 0.15) is 18.1 Å². The van der Waals surface area contributed by atoms with Crippen molar-refractivity contribution in [2.45, 2.75) is 26.0 Å². The van der Waals surface area contributed by atoms with E-state index in [-0.39, 0.29) is 29.4 Å². The van der Waals surface area contributed by atoms with Crippen molar-refractivity contribution in [3.63, 3.8) is 0 Å². The van der Waals surface area contributed by atoms with Crippen molar-refractivity contribution in [1.29, 1.82) is 0 Å². The van der Waals surface area contributed by atoms with Crippen molar-refractivity contribution >= 4 is 29.4 Å². The van der Waals surface area contributed by atoms with Gasteiger partial charge >= 0.3 is 0 Å². The van der Waals surface area contributed by atoms with Crippen LogP contribution in [0.4, 0.5) is 5.82 Å². The molecular weight excluding hydrogens is 520 g/mol. The summed E-state index contributed by atoms with van der Waals surface area (Å²) in [5, 5.41) is 7.95. The van der Waals surface area contributed by atoms with E-state index in [9.17, 15) is 9.59 Å². The molecule has 7 nitrogen and oxygen atoms in total. The SMILES string of the molecule is COc1ccc(-n2nc(-c3ccccc3)c3c2N(CC(=O)NCC(C)C)C(=O)CS[C@@H]3c2cccc(C)c2)cc1. The molecule has 1 aliphatic rings. The van der Waals surface area contributed by atoms with Gasteiger partial charge in [-0.1, -0.05) is 74.0 Å². The van der Waals surface area contributed by atoms with Gasteiger partial charge in [-0.2, -0.15) is 5.10 Å². The number of amides is 2. The highest BCUT2D eigenvalue weighted by atomic mass is 32.2. The summed E-state index contributed by atoms with van der Waals surface area (Å²) in [6, 6.07) is 26.0. The molecule has 0 saturated carbocycles. The van der Waals surface area contributed by atoms with E-state index < -0.39 is 0 Å². The molecule has 0 bridgehead atoms. The summed E-state index contributed by atoms with van der Waals surface area (Å²) in [7, 11) is 1.63. The monoisotopic (exact) mass is 554 g/mol. The number of nitrogens with zero attached hydrogens (tertiary/aromatic N) is 3. The van der Waals surface area contributed by atoms with Gasteiger partial charge < -0.3 is 10.1 Å². The van der Waals surface area contributed by atoms with Crippen LogP contribution in [0.15, 0.2) is 78.9 Å². The second kappa shape index (κ2) is 12.0. The first kappa shape index (κ1) is 27.5. The van der Waals surface area contributed by atoms with Crippen molar-refractivity contribution in [1.82, 2.24) is 15.1 Å². The fraction of sp³-hybridized carbons (Fsp3) is 0.281. The van der Waals surface area contributed by atoms with Gasteiger partial charge in [-0.15, -0.1) is 11.8 Å². The molecule has 0 saturated heterocycles. The molecular formula is C32H34N4O3S. The van der Waals surface area contributed by atoms with Gasteiger partial charge in [-0.3, -0.25) is 14.5 Å². The van der Waals surface area contributed by atoms with E-state index in [4.69, 9.17) is 9.84 Å². The number of anilines is 1. The summed E-state index contributed by atoms with van der Waals surface area (Å²) in [6.07, 6.45) is 0. The van der Waals surface area contributed by atoms with E-state index in [1.807, 2.05) is 74.5 Å². The minimum atomic E-state index is -0.198. The van der Waals surface area contributed by atoms with Crippen LogP contribution in [0.1, 0.15) is 35.8 Å². The number of aromatic nitrogens is 2. The Bertz CT molecular complexity index is 1500. The minimum Gasteiger partial charge on any atom is -0.497 e. The number of carbonyl (C=O) groups is 2. The summed E-state index contributed by atoms with van der Waals surface area (Å²) >= 11 is 1.57. The smallest absolute Gasteiger partial charge is 0.240 e. The van der Waals surface area contributed by atoms with Gasteiger partial charge in [0.25, 0.3) is 0 Å². The predicted octanol–water partition coefficient (Wildman–Crippen LogP) is 5.80. The number of fused-ring (bicyclic) bond motifs is 1. The average molecular weight is 555 g/mol. The number of hydrogen-bond donors (Lipinski definition) is 1. The average Bonchev–Trinajstić information content (AvgIpc) is 3.29. The van der Waals surface area contributed by atoms with E-state index in [0.717, 1.165) is 39.4 Å². The van der Waals surface area contributed by atoms with Crippen LogP contribution in [0.25, 0.3) is 16.9 Å². The van der Waals surface area contributed by atoms with Crippen LogP contribution in [0.3, 0.4) is 0 Å². The Morgan fingerprint density at radius 1 is 1.07 bits per heavy atom. The van der Waals surface area contributed by atoms with Crippen molar-refractivity contribution in [3.05, 3.63) is 95.6 Å². The lowest BCUT2D eigenvalue weighted by Crippen LogP contribution is -2.43. The lowest BCUT2D eigenvalue weighted by Gasteiger charge is -2.23. The van der Waals surface area contributed by atoms with Gasteiger partial charge in [-0.05, 0) is 42.7 Å². The third kappa shape index (κ3) is 5.77. The molecule has 0 spiro atoms. The molecule has 1 N–H and O–H groups in total. The first-order valence-electron chi connectivity index (χ1n) is 13.4. The van der Waals surface area contributed by atoms with Crippen LogP contribution in [-0.2, 0) is 9.59 Å². The molecule has 0 unspecified atom stereocenters. The Hall–Kier alpha value is -4.04. The van der Waals surface area contributed by atoms with Crippen LogP contribution in [-0.4, -0.2) is 47.5 Å². The number of hydrogen-bond acceptors (Lipinski definition) is 5. The largest absolute Gasteiger partial charge is 0.497 e. The van der Waals surface area contributed by atoms with E-state index in [0.29, 0.717) is 18.3 Å². The number of thioether (sulfide) groups is 1. The lowest BCUT2D eigenvalue weighted by molar-refractivity contribution is -0.123. The number of nitrogens with one attached hydrogen (secondary N) is 1. The topological polar surface area (TPSA) is 76.5 Å². The predicted molar refractivity (Wildman–Crippen MR) is 161 cm³/mol. The second-order valence-electron chi connectivity index (χ2n) is 10.3. The van der Waals surface area contributed by atoms with E-state index >= 15 is 0 Å². The Balaban J connectivity index is 1.76. The molecule has 1 aromatic heterocycles. The van der Waals surface area contributed by atoms with Crippen LogP contribution >= 0.6 is 11.8 Å². The summed E-state index contributed by atoms with van der Waals surface area (Å²) in [6.45, 7) is 6.62. The van der Waals surface area contributed by atoms with Crippen LogP contribution in [0.2, 0.25) is 0 Å². The Kier molecular flexibility index (Phi) is 8.26. The van der Waals surface area contributed by atoms with Crippen LogP contribution in [0, 0.1) is 12.8 Å². The van der Waals surface area contributed by atoms with E-state index in [1.165, 1.54) is 0 Å². The molecule has 1 atom stereocenters. The highest BCUT2D eigenvalue weighted by Crippen LogP contribution is 2.48. The first-order valence-corrected chi connectivity index (χ1v) is 14.5. The number of ether oxygens (including phenoxy) is 1. The fourth-order valence-corrected chi connectivity index (χ4v) is 6.03. The molecule has 40 heavy (non-hydrogen) atoms. The van der Waals surface area contributed by atoms with Crippen molar-refractivity contribution in [3.8, 4) is 22.7 Å². The zero-order valence-corrected chi connectivity index (χ0v) is 24.1. The third-order valence-corrected chi connectivity index (χ3v) is 8.06. The van der Waals surface area contributed by atoms with E-state index in [1.54, 1.807) is 28.5 Å². The number of benzene rings is 3. The van der Waals surface area contributed by atoms with Crippen molar-refractivity contribution < 1.29 is 14.3 Å². The molecule has 3 aromatic carbocycles. The molecule has 5 rings (SSSR count). The normalized spacial score (nSPS) is 15.1. The third-order valence-electron chi connectivity index (χ3n) is 6.81. The van der Waals surface area contributed by atoms with Gasteiger partial charge in [0, 0.05) is 17.7 Å². The van der Waals surface area contributed by atoms with Gasteiger partial charge in [0.2, 0.25) is 11.8 Å². The Morgan fingerprint density at radius 3 is 2.50 bits per heavy atom. The minimum absolute atomic E-state index is 0.0876. The van der Waals surface area contributed by atoms with Crippen molar-refractivity contribution in [2.24, 2.45) is 5.92 Å². The molecule has 0 radical (unpaired) electrons. The standard InChI is InChI=1S/C32H34N4O3S/c1-21(2)18-33-27(37)19-35-28(38)20-40-31(24-12-8-9-22(3)17-24)29-30(23-10-6-5-7-11-23)34-36(32(29)35)25-13-15-26(39-4)16-14-25/h5-17,21,31H,18-20H2,1-4H3,(H,33,37)/t31-/m1/s1. The second-order valence-corrected chi connectivity index (χ2v) is 11.4. The quantitative estimate of drug-likeness (QED) is 0.298. The van der Waals surface area contributed by atoms with Crippen LogP contribution < -0.4 is 15.0 Å². The Morgan fingerprint density at radius 2 is 1.82 bits per heavy atom. The van der Waals surface area contributed by atoms with Crippen LogP contribution in [0.5, 0.6) is 5.75 Å². The summed E-state index contributed by atoms with van der Waals surface area (Å²) in [5.41, 5.74) is 5.66. The number of carbonyl (C=O) groups excluding carboxylic acids is 2. The Labute approximate surface area is 239 Å². The number of rotatable bonds is 8. The number of methoxy groups -OCH3 is 1. The first-order chi connectivity index (χ1) is 19.4. The molecule has 206 valence electrons.